The van der Waals surface area contributed by atoms with E-state index in [1.54, 1.807) is 6.33 Å². The van der Waals surface area contributed by atoms with Crippen molar-refractivity contribution in [1.29, 1.82) is 5.41 Å². The third-order valence-electron chi connectivity index (χ3n) is 5.99. The number of hydrogen-bond acceptors (Lipinski definition) is 9. The summed E-state index contributed by atoms with van der Waals surface area (Å²) in [6.45, 7) is 3.93. The Hall–Kier alpha value is -2.57. The van der Waals surface area contributed by atoms with Gasteiger partial charge >= 0.3 is 5.97 Å². The molecule has 2 aliphatic heterocycles. The van der Waals surface area contributed by atoms with Gasteiger partial charge in [0.05, 0.1) is 12.9 Å². The van der Waals surface area contributed by atoms with Gasteiger partial charge in [0.1, 0.15) is 11.6 Å². The fourth-order valence-corrected chi connectivity index (χ4v) is 5.64. The minimum absolute atomic E-state index is 0.152. The van der Waals surface area contributed by atoms with E-state index in [1.165, 1.54) is 11.8 Å². The van der Waals surface area contributed by atoms with Gasteiger partial charge in [-0.25, -0.2) is 9.97 Å². The number of nitrogens with one attached hydrogen (secondary N) is 3. The Bertz CT molecular complexity index is 1280. The first-order valence-electron chi connectivity index (χ1n) is 11.2. The average Bonchev–Trinajstić information content (AvgIpc) is 3.46. The van der Waals surface area contributed by atoms with Crippen LogP contribution in [0.3, 0.4) is 0 Å². The van der Waals surface area contributed by atoms with E-state index in [0.717, 1.165) is 35.2 Å². The number of fused-ring (bicyclic) bond motifs is 2. The van der Waals surface area contributed by atoms with Crippen molar-refractivity contribution in [3.63, 3.8) is 0 Å². The monoisotopic (exact) mass is 548 g/mol. The third kappa shape index (κ3) is 4.80. The second kappa shape index (κ2) is 9.96. The molecule has 180 valence electrons. The van der Waals surface area contributed by atoms with E-state index in [4.69, 9.17) is 24.6 Å². The normalized spacial score (nSPS) is 19.5. The predicted molar refractivity (Wildman–Crippen MR) is 128 cm³/mol. The van der Waals surface area contributed by atoms with Crippen molar-refractivity contribution in [2.45, 2.75) is 48.8 Å². The van der Waals surface area contributed by atoms with Crippen LogP contribution < -0.4 is 20.3 Å². The molecule has 0 radical (unpaired) electrons. The smallest absolute Gasteiger partial charge is 0.323 e. The molecule has 0 aliphatic carbocycles. The van der Waals surface area contributed by atoms with Gasteiger partial charge in [0.15, 0.2) is 27.8 Å². The van der Waals surface area contributed by atoms with Crippen LogP contribution in [0.25, 0.3) is 11.2 Å². The summed E-state index contributed by atoms with van der Waals surface area (Å²) >= 11 is 5.03. The lowest BCUT2D eigenvalue weighted by Crippen LogP contribution is -2.44. The molecule has 1 aromatic carbocycles. The number of halogens is 1. The van der Waals surface area contributed by atoms with Crippen LogP contribution in [-0.2, 0) is 16.1 Å². The molecule has 34 heavy (non-hydrogen) atoms. The minimum Gasteiger partial charge on any atom is -0.465 e. The predicted octanol–water partition coefficient (Wildman–Crippen LogP) is 3.20. The number of esters is 1. The van der Waals surface area contributed by atoms with E-state index in [9.17, 15) is 4.79 Å². The van der Waals surface area contributed by atoms with E-state index in [-0.39, 0.29) is 24.3 Å². The molecule has 5 rings (SSSR count). The number of imidazole rings is 1. The molecule has 1 fully saturated rings. The zero-order valence-corrected chi connectivity index (χ0v) is 21.0. The summed E-state index contributed by atoms with van der Waals surface area (Å²) in [6.07, 6.45) is 4.31. The van der Waals surface area contributed by atoms with Crippen LogP contribution in [0.4, 0.5) is 0 Å². The molecule has 0 spiro atoms. The van der Waals surface area contributed by atoms with E-state index in [2.05, 4.69) is 31.2 Å². The maximum atomic E-state index is 12.1. The number of aromatic nitrogens is 4. The summed E-state index contributed by atoms with van der Waals surface area (Å²) in [5, 5.41) is 12.1. The minimum atomic E-state index is -0.244. The summed E-state index contributed by atoms with van der Waals surface area (Å²) < 4.78 is 18.9. The molecular weight excluding hydrogens is 524 g/mol. The van der Waals surface area contributed by atoms with Gasteiger partial charge in [-0.15, -0.1) is 0 Å². The number of hydrogen-bond donors (Lipinski definition) is 3. The van der Waals surface area contributed by atoms with E-state index < -0.39 is 0 Å². The van der Waals surface area contributed by atoms with Gasteiger partial charge in [0.25, 0.3) is 0 Å². The molecule has 12 heteroatoms. The highest BCUT2D eigenvalue weighted by molar-refractivity contribution is 9.10. The van der Waals surface area contributed by atoms with Crippen molar-refractivity contribution >= 4 is 44.8 Å². The lowest BCUT2D eigenvalue weighted by molar-refractivity contribution is -0.146. The Morgan fingerprint density at radius 1 is 1.38 bits per heavy atom. The zero-order valence-electron chi connectivity index (χ0n) is 18.6. The second-order valence-electron chi connectivity index (χ2n) is 8.20. The summed E-state index contributed by atoms with van der Waals surface area (Å²) in [6, 6.07) is 3.55. The first-order valence-corrected chi connectivity index (χ1v) is 12.8. The standard InChI is InChI=1S/C22H25BrN6O4S/c1-2-31-21(30)14-7-12(3-5-25-14)4-6-29-10-26-19(24)18-20(29)28-22(27-18)34-17-9-16-15(8-13(17)23)32-11-33-16/h8-10,12,14,24-25H,2-7,11H2,1H3,(H,27,28)/t12-,14-/m1/s1. The molecule has 1 saturated heterocycles. The second-order valence-corrected chi connectivity index (χ2v) is 10.1. The quantitative estimate of drug-likeness (QED) is 0.384. The highest BCUT2D eigenvalue weighted by atomic mass is 79.9. The molecule has 4 heterocycles. The number of aryl methyl sites for hydroxylation is 1. The van der Waals surface area contributed by atoms with E-state index in [1.807, 2.05) is 23.6 Å². The molecule has 0 unspecified atom stereocenters. The number of carbonyl (C=O) groups excluding carboxylic acids is 1. The largest absolute Gasteiger partial charge is 0.465 e. The average molecular weight is 549 g/mol. The summed E-state index contributed by atoms with van der Waals surface area (Å²) in [4.78, 5) is 25.3. The van der Waals surface area contributed by atoms with Gasteiger partial charge < -0.3 is 29.1 Å². The van der Waals surface area contributed by atoms with Crippen LogP contribution in [0.15, 0.2) is 33.0 Å². The maximum absolute atomic E-state index is 12.1. The van der Waals surface area contributed by atoms with Crippen LogP contribution in [0.5, 0.6) is 11.5 Å². The highest BCUT2D eigenvalue weighted by Gasteiger charge is 2.28. The van der Waals surface area contributed by atoms with Crippen LogP contribution in [0.1, 0.15) is 26.2 Å². The van der Waals surface area contributed by atoms with Gasteiger partial charge in [0.2, 0.25) is 6.79 Å². The number of nitrogens with zero attached hydrogens (tertiary/aromatic N) is 3. The summed E-state index contributed by atoms with van der Waals surface area (Å²) in [5.41, 5.74) is 1.44. The lowest BCUT2D eigenvalue weighted by Gasteiger charge is -2.29. The number of carbonyl (C=O) groups is 1. The fraction of sp³-hybridized carbons (Fsp3) is 0.455. The van der Waals surface area contributed by atoms with E-state index >= 15 is 0 Å². The Labute approximate surface area is 208 Å². The van der Waals surface area contributed by atoms with Gasteiger partial charge in [-0.1, -0.05) is 11.8 Å². The summed E-state index contributed by atoms with van der Waals surface area (Å²) in [5.74, 6) is 1.62. The van der Waals surface area contributed by atoms with Crippen molar-refractivity contribution in [3.8, 4) is 11.5 Å². The lowest BCUT2D eigenvalue weighted by atomic mass is 9.90. The number of H-pyrrole nitrogens is 1. The molecule has 0 bridgehead atoms. The van der Waals surface area contributed by atoms with Crippen molar-refractivity contribution in [2.75, 3.05) is 19.9 Å². The van der Waals surface area contributed by atoms with Crippen LogP contribution in [0, 0.1) is 11.3 Å². The van der Waals surface area contributed by atoms with Crippen molar-refractivity contribution < 1.29 is 19.0 Å². The number of benzene rings is 1. The first kappa shape index (κ1) is 23.2. The number of piperidine rings is 1. The van der Waals surface area contributed by atoms with Crippen molar-refractivity contribution in [3.05, 3.63) is 28.4 Å². The SMILES string of the molecule is CCOC(=O)[C@H]1C[C@@H](CCn2cnc(=N)c3[nH]c(Sc4cc5c(cc4Br)OCO5)nc32)CCN1. The Balaban J connectivity index is 1.32. The zero-order chi connectivity index (χ0) is 23.7. The molecule has 2 aromatic heterocycles. The van der Waals surface area contributed by atoms with Crippen LogP contribution >= 0.6 is 27.7 Å². The first-order chi connectivity index (χ1) is 16.5. The highest BCUT2D eigenvalue weighted by Crippen LogP contribution is 2.42. The molecule has 0 amide bonds. The molecule has 2 aliphatic rings. The molecular formula is C22H25BrN6O4S. The molecule has 0 saturated carbocycles. The number of ether oxygens (including phenoxy) is 3. The fourth-order valence-electron chi connectivity index (χ4n) is 4.26. The van der Waals surface area contributed by atoms with Crippen LogP contribution in [0.2, 0.25) is 0 Å². The van der Waals surface area contributed by atoms with Gasteiger partial charge in [-0.05, 0) is 66.7 Å². The van der Waals surface area contributed by atoms with E-state index in [0.29, 0.717) is 46.9 Å². The molecule has 10 nitrogen and oxygen atoms in total. The van der Waals surface area contributed by atoms with Crippen LogP contribution in [-0.4, -0.2) is 51.5 Å². The Kier molecular flexibility index (Phi) is 6.79. The van der Waals surface area contributed by atoms with Gasteiger partial charge in [-0.3, -0.25) is 10.2 Å². The van der Waals surface area contributed by atoms with Crippen molar-refractivity contribution in [2.24, 2.45) is 5.92 Å². The Morgan fingerprint density at radius 3 is 3.03 bits per heavy atom. The van der Waals surface area contributed by atoms with Crippen molar-refractivity contribution in [1.82, 2.24) is 24.8 Å². The van der Waals surface area contributed by atoms with Gasteiger partial charge in [-0.2, -0.15) is 0 Å². The number of aromatic amines is 1. The Morgan fingerprint density at radius 2 is 2.21 bits per heavy atom. The number of rotatable bonds is 7. The maximum Gasteiger partial charge on any atom is 0.323 e. The molecule has 2 atom stereocenters. The molecule has 3 N–H and O–H groups in total. The molecule has 3 aromatic rings. The topological polar surface area (TPSA) is 127 Å². The summed E-state index contributed by atoms with van der Waals surface area (Å²) in [7, 11) is 0. The third-order valence-corrected chi connectivity index (χ3v) is 7.86. The van der Waals surface area contributed by atoms with Gasteiger partial charge in [0, 0.05) is 15.9 Å².